The van der Waals surface area contributed by atoms with Gasteiger partial charge in [-0.2, -0.15) is 0 Å². The zero-order chi connectivity index (χ0) is 20.1. The molecule has 1 unspecified atom stereocenters. The highest BCUT2D eigenvalue weighted by Gasteiger charge is 2.23. The monoisotopic (exact) mass is 382 g/mol. The molecule has 0 spiro atoms. The first kappa shape index (κ1) is 20.1. The Morgan fingerprint density at radius 3 is 2.68 bits per heavy atom. The third-order valence-corrected chi connectivity index (χ3v) is 4.93. The van der Waals surface area contributed by atoms with Crippen LogP contribution in [0.2, 0.25) is 0 Å². The van der Waals surface area contributed by atoms with Gasteiger partial charge in [0.25, 0.3) is 5.91 Å². The minimum atomic E-state index is -0.227. The third kappa shape index (κ3) is 5.00. The molecule has 1 amide bonds. The summed E-state index contributed by atoms with van der Waals surface area (Å²) >= 11 is 0. The molecule has 1 aliphatic heterocycles. The molecule has 1 N–H and O–H groups in total. The molecule has 1 atom stereocenters. The second-order valence-electron chi connectivity index (χ2n) is 7.55. The van der Waals surface area contributed by atoms with Crippen LogP contribution in [-0.2, 0) is 0 Å². The van der Waals surface area contributed by atoms with Crippen molar-refractivity contribution in [1.29, 1.82) is 0 Å². The van der Waals surface area contributed by atoms with Crippen LogP contribution in [0, 0.1) is 6.92 Å². The Morgan fingerprint density at radius 1 is 1.25 bits per heavy atom. The van der Waals surface area contributed by atoms with E-state index >= 15 is 0 Å². The second kappa shape index (κ2) is 9.04. The number of carbonyl (C=O) groups is 1. The van der Waals surface area contributed by atoms with Gasteiger partial charge in [0, 0.05) is 24.3 Å². The standard InChI is InChI=1S/C22H30N4O2/c1-5-18-8-6-7-13-26(18)21-14-20(23-16(4)24-21)22(27)25-17-9-11-19(12-10-17)28-15(2)3/h9-12,14-15,18H,5-8,13H2,1-4H3,(H,25,27). The molecule has 150 valence electrons. The number of anilines is 2. The van der Waals surface area contributed by atoms with Gasteiger partial charge in [0.1, 0.15) is 23.1 Å². The van der Waals surface area contributed by atoms with E-state index in [1.165, 1.54) is 12.8 Å². The van der Waals surface area contributed by atoms with E-state index in [-0.39, 0.29) is 12.0 Å². The van der Waals surface area contributed by atoms with E-state index in [9.17, 15) is 4.79 Å². The maximum atomic E-state index is 12.8. The first-order chi connectivity index (χ1) is 13.5. The average Bonchev–Trinajstić information content (AvgIpc) is 2.68. The lowest BCUT2D eigenvalue weighted by molar-refractivity contribution is 0.102. The summed E-state index contributed by atoms with van der Waals surface area (Å²) in [6, 6.07) is 9.67. The largest absolute Gasteiger partial charge is 0.491 e. The number of amides is 1. The molecular weight excluding hydrogens is 352 g/mol. The summed E-state index contributed by atoms with van der Waals surface area (Å²) in [5.74, 6) is 2.02. The van der Waals surface area contributed by atoms with Gasteiger partial charge in [-0.1, -0.05) is 6.92 Å². The number of aromatic nitrogens is 2. The van der Waals surface area contributed by atoms with Crippen LogP contribution in [0.25, 0.3) is 0 Å². The third-order valence-electron chi connectivity index (χ3n) is 4.93. The van der Waals surface area contributed by atoms with Crippen molar-refractivity contribution in [2.24, 2.45) is 0 Å². The maximum Gasteiger partial charge on any atom is 0.274 e. The van der Waals surface area contributed by atoms with Gasteiger partial charge in [-0.15, -0.1) is 0 Å². The second-order valence-corrected chi connectivity index (χ2v) is 7.55. The molecule has 28 heavy (non-hydrogen) atoms. The highest BCUT2D eigenvalue weighted by Crippen LogP contribution is 2.26. The van der Waals surface area contributed by atoms with E-state index in [0.29, 0.717) is 23.2 Å². The molecule has 1 saturated heterocycles. The number of nitrogens with one attached hydrogen (secondary N) is 1. The van der Waals surface area contributed by atoms with Gasteiger partial charge in [0.15, 0.2) is 0 Å². The van der Waals surface area contributed by atoms with E-state index in [1.54, 1.807) is 0 Å². The molecule has 0 saturated carbocycles. The Labute approximate surface area is 167 Å². The van der Waals surface area contributed by atoms with Crippen molar-refractivity contribution in [2.45, 2.75) is 65.5 Å². The minimum Gasteiger partial charge on any atom is -0.491 e. The Kier molecular flexibility index (Phi) is 6.49. The number of aryl methyl sites for hydroxylation is 1. The number of ether oxygens (including phenoxy) is 1. The maximum absolute atomic E-state index is 12.8. The van der Waals surface area contributed by atoms with Gasteiger partial charge in [-0.05, 0) is 70.7 Å². The molecule has 1 aromatic carbocycles. The zero-order valence-corrected chi connectivity index (χ0v) is 17.2. The number of piperidine rings is 1. The number of hydrogen-bond acceptors (Lipinski definition) is 5. The highest BCUT2D eigenvalue weighted by molar-refractivity contribution is 6.03. The quantitative estimate of drug-likeness (QED) is 0.791. The van der Waals surface area contributed by atoms with Gasteiger partial charge in [-0.25, -0.2) is 9.97 Å². The summed E-state index contributed by atoms with van der Waals surface area (Å²) in [6.45, 7) is 8.99. The van der Waals surface area contributed by atoms with Crippen molar-refractivity contribution < 1.29 is 9.53 Å². The van der Waals surface area contributed by atoms with E-state index in [4.69, 9.17) is 4.74 Å². The van der Waals surface area contributed by atoms with Gasteiger partial charge < -0.3 is 15.0 Å². The summed E-state index contributed by atoms with van der Waals surface area (Å²) < 4.78 is 5.64. The molecule has 1 aromatic heterocycles. The fourth-order valence-corrected chi connectivity index (χ4v) is 3.63. The number of rotatable bonds is 6. The zero-order valence-electron chi connectivity index (χ0n) is 17.2. The normalized spacial score (nSPS) is 16.9. The van der Waals surface area contributed by atoms with Crippen LogP contribution in [-0.4, -0.2) is 34.6 Å². The number of carbonyl (C=O) groups excluding carboxylic acids is 1. The lowest BCUT2D eigenvalue weighted by Gasteiger charge is -2.36. The van der Waals surface area contributed by atoms with Crippen LogP contribution < -0.4 is 15.0 Å². The van der Waals surface area contributed by atoms with Crippen molar-refractivity contribution >= 4 is 17.4 Å². The number of hydrogen-bond donors (Lipinski definition) is 1. The van der Waals surface area contributed by atoms with Crippen molar-refractivity contribution in [3.05, 3.63) is 41.9 Å². The first-order valence-corrected chi connectivity index (χ1v) is 10.2. The molecule has 0 radical (unpaired) electrons. The van der Waals surface area contributed by atoms with Gasteiger partial charge in [0.2, 0.25) is 0 Å². The Bertz CT molecular complexity index is 805. The van der Waals surface area contributed by atoms with Crippen LogP contribution in [0.3, 0.4) is 0 Å². The molecule has 0 aliphatic carbocycles. The number of benzene rings is 1. The van der Waals surface area contributed by atoms with Gasteiger partial charge in [0.05, 0.1) is 6.10 Å². The van der Waals surface area contributed by atoms with Crippen LogP contribution in [0.4, 0.5) is 11.5 Å². The van der Waals surface area contributed by atoms with Crippen molar-refractivity contribution in [2.75, 3.05) is 16.8 Å². The summed E-state index contributed by atoms with van der Waals surface area (Å²) in [6.07, 6.45) is 4.78. The summed E-state index contributed by atoms with van der Waals surface area (Å²) in [4.78, 5) is 24.1. The highest BCUT2D eigenvalue weighted by atomic mass is 16.5. The molecule has 6 nitrogen and oxygen atoms in total. The molecule has 2 aromatic rings. The number of nitrogens with zero attached hydrogens (tertiary/aromatic N) is 3. The van der Waals surface area contributed by atoms with E-state index in [1.807, 2.05) is 51.1 Å². The predicted octanol–water partition coefficient (Wildman–Crippen LogP) is 4.59. The lowest BCUT2D eigenvalue weighted by Crippen LogP contribution is -2.40. The van der Waals surface area contributed by atoms with Crippen molar-refractivity contribution in [1.82, 2.24) is 9.97 Å². The predicted molar refractivity (Wildman–Crippen MR) is 112 cm³/mol. The SMILES string of the molecule is CCC1CCCCN1c1cc(C(=O)Nc2ccc(OC(C)C)cc2)nc(C)n1. The molecule has 6 heteroatoms. The topological polar surface area (TPSA) is 67.4 Å². The van der Waals surface area contributed by atoms with E-state index in [2.05, 4.69) is 27.1 Å². The van der Waals surface area contributed by atoms with Crippen LogP contribution in [0.15, 0.2) is 30.3 Å². The average molecular weight is 383 g/mol. The van der Waals surface area contributed by atoms with Gasteiger partial charge >= 0.3 is 0 Å². The fraction of sp³-hybridized carbons (Fsp3) is 0.500. The summed E-state index contributed by atoms with van der Waals surface area (Å²) in [5, 5.41) is 2.92. The summed E-state index contributed by atoms with van der Waals surface area (Å²) in [5.41, 5.74) is 1.11. The first-order valence-electron chi connectivity index (χ1n) is 10.2. The van der Waals surface area contributed by atoms with Crippen LogP contribution in [0.1, 0.15) is 62.8 Å². The van der Waals surface area contributed by atoms with E-state index in [0.717, 1.165) is 31.0 Å². The van der Waals surface area contributed by atoms with E-state index < -0.39 is 0 Å². The van der Waals surface area contributed by atoms with Crippen molar-refractivity contribution in [3.63, 3.8) is 0 Å². The Morgan fingerprint density at radius 2 is 2.00 bits per heavy atom. The van der Waals surface area contributed by atoms with Crippen LogP contribution >= 0.6 is 0 Å². The smallest absolute Gasteiger partial charge is 0.274 e. The fourth-order valence-electron chi connectivity index (χ4n) is 3.63. The molecule has 3 rings (SSSR count). The lowest BCUT2D eigenvalue weighted by atomic mass is 10.00. The minimum absolute atomic E-state index is 0.115. The molecular formula is C22H30N4O2. The molecule has 0 bridgehead atoms. The Balaban J connectivity index is 1.75. The molecule has 1 fully saturated rings. The molecule has 1 aliphatic rings. The van der Waals surface area contributed by atoms with Crippen LogP contribution in [0.5, 0.6) is 5.75 Å². The molecule has 2 heterocycles. The van der Waals surface area contributed by atoms with Gasteiger partial charge in [-0.3, -0.25) is 4.79 Å². The Hall–Kier alpha value is -2.63. The van der Waals surface area contributed by atoms with Crippen molar-refractivity contribution in [3.8, 4) is 5.75 Å². The summed E-state index contributed by atoms with van der Waals surface area (Å²) in [7, 11) is 0.